The Kier molecular flexibility index (Phi) is 9.61. The van der Waals surface area contributed by atoms with Crippen molar-refractivity contribution in [3.63, 3.8) is 0 Å². The van der Waals surface area contributed by atoms with Crippen LogP contribution in [0.2, 0.25) is 0 Å². The number of hydrogen-bond donors (Lipinski definition) is 4. The molecule has 1 aromatic carbocycles. The summed E-state index contributed by atoms with van der Waals surface area (Å²) in [6.45, 7) is 5.39. The average molecular weight is 464 g/mol. The third-order valence-corrected chi connectivity index (χ3v) is 7.05. The number of hydroxylamine groups is 1. The van der Waals surface area contributed by atoms with Crippen molar-refractivity contribution in [2.45, 2.75) is 76.7 Å². The van der Waals surface area contributed by atoms with Gasteiger partial charge in [0.25, 0.3) is 0 Å². The maximum absolute atomic E-state index is 13.2. The van der Waals surface area contributed by atoms with Crippen molar-refractivity contribution in [2.24, 2.45) is 0 Å². The number of allylic oxidation sites excluding steroid dienone is 3. The molecule has 1 atom stereocenters. The summed E-state index contributed by atoms with van der Waals surface area (Å²) in [5, 5.41) is 11.4. The zero-order valence-corrected chi connectivity index (χ0v) is 19.7. The molecule has 4 N–H and O–H groups in total. The molecular formula is C23H33N3O5S. The van der Waals surface area contributed by atoms with Crippen molar-refractivity contribution in [2.75, 3.05) is 0 Å². The van der Waals surface area contributed by atoms with Crippen LogP contribution < -0.4 is 15.5 Å². The van der Waals surface area contributed by atoms with Crippen molar-refractivity contribution in [1.82, 2.24) is 15.5 Å². The standard InChI is InChI=1S/C23H33N3O5S/c1-16-14-17(2)22(18(3)15-16)32(30,31)26-20(12-8-5-9-13-21(27)25-29)23(28)24-19-10-6-4-7-11-19/h6,10-11,14-15,20,26,29H,4-5,7-9,12-13H2,1-3H3,(H,24,28)(H,25,27)/t20-/m0/s1. The van der Waals surface area contributed by atoms with Crippen LogP contribution in [0.4, 0.5) is 0 Å². The van der Waals surface area contributed by atoms with Gasteiger partial charge >= 0.3 is 0 Å². The van der Waals surface area contributed by atoms with Crippen LogP contribution in [-0.4, -0.2) is 31.5 Å². The predicted octanol–water partition coefficient (Wildman–Crippen LogP) is 3.06. The number of hydrogen-bond acceptors (Lipinski definition) is 5. The number of nitrogens with one attached hydrogen (secondary N) is 3. The van der Waals surface area contributed by atoms with E-state index in [1.807, 2.05) is 25.2 Å². The number of amides is 2. The molecule has 1 aliphatic rings. The molecule has 0 fully saturated rings. The fraction of sp³-hybridized carbons (Fsp3) is 0.478. The number of carbonyl (C=O) groups excluding carboxylic acids is 2. The summed E-state index contributed by atoms with van der Waals surface area (Å²) >= 11 is 0. The summed E-state index contributed by atoms with van der Waals surface area (Å²) in [6, 6.07) is 2.66. The van der Waals surface area contributed by atoms with Crippen molar-refractivity contribution in [1.29, 1.82) is 0 Å². The lowest BCUT2D eigenvalue weighted by molar-refractivity contribution is -0.129. The van der Waals surface area contributed by atoms with E-state index in [0.29, 0.717) is 36.1 Å². The van der Waals surface area contributed by atoms with Gasteiger partial charge in [-0.25, -0.2) is 13.9 Å². The number of benzene rings is 1. The van der Waals surface area contributed by atoms with Gasteiger partial charge in [0.15, 0.2) is 0 Å². The van der Waals surface area contributed by atoms with Gasteiger partial charge in [0.05, 0.1) is 4.90 Å². The number of unbranched alkanes of at least 4 members (excludes halogenated alkanes) is 2. The van der Waals surface area contributed by atoms with E-state index in [0.717, 1.165) is 18.4 Å². The Morgan fingerprint density at radius 1 is 1.06 bits per heavy atom. The topological polar surface area (TPSA) is 125 Å². The highest BCUT2D eigenvalue weighted by Crippen LogP contribution is 2.22. The molecule has 1 aliphatic carbocycles. The SMILES string of the molecule is Cc1cc(C)c(S(=O)(=O)N[C@@H](CCCCCC(=O)NO)C(=O)NC2=CCCC=C2)c(C)c1. The molecule has 0 radical (unpaired) electrons. The molecule has 0 saturated heterocycles. The lowest BCUT2D eigenvalue weighted by atomic mass is 10.1. The van der Waals surface area contributed by atoms with E-state index in [1.165, 1.54) is 0 Å². The molecule has 0 spiro atoms. The highest BCUT2D eigenvalue weighted by Gasteiger charge is 2.28. The van der Waals surface area contributed by atoms with E-state index in [1.54, 1.807) is 31.5 Å². The molecule has 9 heteroatoms. The van der Waals surface area contributed by atoms with Crippen LogP contribution in [0, 0.1) is 20.8 Å². The number of carbonyl (C=O) groups is 2. The Balaban J connectivity index is 2.15. The first-order valence-corrected chi connectivity index (χ1v) is 12.3. The molecule has 2 amide bonds. The third-order valence-electron chi connectivity index (χ3n) is 5.27. The quantitative estimate of drug-likeness (QED) is 0.228. The first-order chi connectivity index (χ1) is 15.1. The highest BCUT2D eigenvalue weighted by atomic mass is 32.2. The zero-order valence-electron chi connectivity index (χ0n) is 18.9. The lowest BCUT2D eigenvalue weighted by Crippen LogP contribution is -2.46. The molecule has 32 heavy (non-hydrogen) atoms. The van der Waals surface area contributed by atoms with E-state index in [-0.39, 0.29) is 17.7 Å². The Morgan fingerprint density at radius 2 is 1.75 bits per heavy atom. The van der Waals surface area contributed by atoms with Gasteiger partial charge in [-0.3, -0.25) is 14.8 Å². The predicted molar refractivity (Wildman–Crippen MR) is 122 cm³/mol. The molecule has 0 bridgehead atoms. The summed E-state index contributed by atoms with van der Waals surface area (Å²) < 4.78 is 29.0. The minimum atomic E-state index is -3.93. The molecule has 0 saturated carbocycles. The van der Waals surface area contributed by atoms with Crippen LogP contribution in [-0.2, 0) is 19.6 Å². The number of aryl methyl sites for hydroxylation is 3. The van der Waals surface area contributed by atoms with Gasteiger partial charge in [-0.1, -0.05) is 42.7 Å². The largest absolute Gasteiger partial charge is 0.325 e. The lowest BCUT2D eigenvalue weighted by Gasteiger charge is -2.21. The fourth-order valence-electron chi connectivity index (χ4n) is 3.88. The van der Waals surface area contributed by atoms with Gasteiger partial charge in [0.1, 0.15) is 6.04 Å². The third kappa shape index (κ3) is 7.58. The Morgan fingerprint density at radius 3 is 2.34 bits per heavy atom. The number of sulfonamides is 1. The maximum Gasteiger partial charge on any atom is 0.243 e. The van der Waals surface area contributed by atoms with Crippen LogP contribution in [0.3, 0.4) is 0 Å². The highest BCUT2D eigenvalue weighted by molar-refractivity contribution is 7.89. The van der Waals surface area contributed by atoms with E-state index in [4.69, 9.17) is 5.21 Å². The second kappa shape index (κ2) is 11.9. The summed E-state index contributed by atoms with van der Waals surface area (Å²) in [4.78, 5) is 24.3. The smallest absolute Gasteiger partial charge is 0.243 e. The van der Waals surface area contributed by atoms with E-state index < -0.39 is 27.9 Å². The molecule has 0 aliphatic heterocycles. The Bertz CT molecular complexity index is 976. The monoisotopic (exact) mass is 463 g/mol. The normalized spacial score (nSPS) is 14.6. The van der Waals surface area contributed by atoms with Crippen LogP contribution in [0.5, 0.6) is 0 Å². The average Bonchev–Trinajstić information content (AvgIpc) is 2.72. The van der Waals surface area contributed by atoms with Crippen molar-refractivity contribution in [3.05, 3.63) is 52.7 Å². The molecule has 176 valence electrons. The summed E-state index contributed by atoms with van der Waals surface area (Å²) in [7, 11) is -3.93. The zero-order chi connectivity index (χ0) is 23.7. The minimum Gasteiger partial charge on any atom is -0.325 e. The Labute approximate surface area is 190 Å². The van der Waals surface area contributed by atoms with Gasteiger partial charge in [-0.2, -0.15) is 4.72 Å². The molecule has 8 nitrogen and oxygen atoms in total. The summed E-state index contributed by atoms with van der Waals surface area (Å²) in [5.74, 6) is -0.886. The second-order valence-corrected chi connectivity index (χ2v) is 9.82. The Hall–Kier alpha value is -2.49. The molecule has 2 rings (SSSR count). The maximum atomic E-state index is 13.2. The molecule has 0 heterocycles. The first-order valence-electron chi connectivity index (χ1n) is 10.8. The van der Waals surface area contributed by atoms with E-state index in [9.17, 15) is 18.0 Å². The number of rotatable bonds is 11. The molecule has 0 aromatic heterocycles. The minimum absolute atomic E-state index is 0.165. The van der Waals surface area contributed by atoms with Crippen molar-refractivity contribution < 1.29 is 23.2 Å². The van der Waals surface area contributed by atoms with E-state index >= 15 is 0 Å². The molecular weight excluding hydrogens is 430 g/mol. The van der Waals surface area contributed by atoms with Crippen LogP contribution in [0.25, 0.3) is 0 Å². The summed E-state index contributed by atoms with van der Waals surface area (Å²) in [6.07, 6.45) is 9.53. The van der Waals surface area contributed by atoms with Gasteiger partial charge in [0, 0.05) is 12.1 Å². The van der Waals surface area contributed by atoms with Crippen LogP contribution >= 0.6 is 0 Å². The van der Waals surface area contributed by atoms with Gasteiger partial charge in [-0.15, -0.1) is 0 Å². The fourth-order valence-corrected chi connectivity index (χ4v) is 5.57. The van der Waals surface area contributed by atoms with Crippen molar-refractivity contribution in [3.8, 4) is 0 Å². The summed E-state index contributed by atoms with van der Waals surface area (Å²) in [5.41, 5.74) is 4.47. The van der Waals surface area contributed by atoms with Gasteiger partial charge < -0.3 is 5.32 Å². The molecule has 0 unspecified atom stereocenters. The van der Waals surface area contributed by atoms with Gasteiger partial charge in [0.2, 0.25) is 21.8 Å². The van der Waals surface area contributed by atoms with Gasteiger partial charge in [-0.05, 0) is 63.7 Å². The van der Waals surface area contributed by atoms with E-state index in [2.05, 4.69) is 10.0 Å². The van der Waals surface area contributed by atoms with Crippen LogP contribution in [0.1, 0.15) is 61.6 Å². The molecule has 1 aromatic rings. The second-order valence-electron chi connectivity index (χ2n) is 8.16. The van der Waals surface area contributed by atoms with Crippen LogP contribution in [0.15, 0.2) is 41.0 Å². The van der Waals surface area contributed by atoms with Crippen molar-refractivity contribution >= 4 is 21.8 Å². The first kappa shape index (κ1) is 25.8.